The summed E-state index contributed by atoms with van der Waals surface area (Å²) in [7, 11) is 0. The molecule has 3 aromatic rings. The van der Waals surface area contributed by atoms with Gasteiger partial charge in [-0.1, -0.05) is 13.3 Å². The first-order chi connectivity index (χ1) is 12.1. The second kappa shape index (κ2) is 8.96. The molecule has 0 aliphatic rings. The van der Waals surface area contributed by atoms with Crippen LogP contribution in [-0.2, 0) is 4.74 Å². The molecule has 0 unspecified atom stereocenters. The van der Waals surface area contributed by atoms with Gasteiger partial charge in [0.25, 0.3) is 0 Å². The SMILES string of the molecule is CCCCOC(=O)c1ccc(Nc2ncnc3sc(C)c(C)c23)cc1.Cl. The standard InChI is InChI=1S/C19H21N3O2S.ClH/c1-4-5-10-24-19(23)14-6-8-15(9-7-14)22-17-16-12(2)13(3)25-18(16)21-11-20-17;/h6-9,11H,4-5,10H2,1-3H3,(H,20,21,22);1H. The number of fused-ring (bicyclic) bond motifs is 1. The Labute approximate surface area is 163 Å². The first-order valence-corrected chi connectivity index (χ1v) is 9.16. The maximum absolute atomic E-state index is 11.9. The number of aromatic nitrogens is 2. The number of ether oxygens (including phenoxy) is 1. The smallest absolute Gasteiger partial charge is 0.338 e. The number of rotatable bonds is 6. The molecule has 5 nitrogen and oxygen atoms in total. The van der Waals surface area contributed by atoms with Crippen molar-refractivity contribution in [2.45, 2.75) is 33.6 Å². The number of benzene rings is 1. The number of anilines is 2. The van der Waals surface area contributed by atoms with Gasteiger partial charge in [0.1, 0.15) is 17.0 Å². The molecule has 0 amide bonds. The van der Waals surface area contributed by atoms with E-state index in [0.29, 0.717) is 12.2 Å². The Bertz CT molecular complexity index is 894. The van der Waals surface area contributed by atoms with E-state index in [0.717, 1.165) is 34.6 Å². The highest BCUT2D eigenvalue weighted by molar-refractivity contribution is 7.18. The number of halogens is 1. The summed E-state index contributed by atoms with van der Waals surface area (Å²) in [6.07, 6.45) is 3.46. The van der Waals surface area contributed by atoms with Gasteiger partial charge < -0.3 is 10.1 Å². The summed E-state index contributed by atoms with van der Waals surface area (Å²) in [5.41, 5.74) is 2.62. The van der Waals surface area contributed by atoms with E-state index >= 15 is 0 Å². The third-order valence-corrected chi connectivity index (χ3v) is 5.19. The van der Waals surface area contributed by atoms with Crippen LogP contribution in [0.25, 0.3) is 10.2 Å². The van der Waals surface area contributed by atoms with Crippen LogP contribution in [0.4, 0.5) is 11.5 Å². The molecule has 0 aliphatic heterocycles. The van der Waals surface area contributed by atoms with Crippen LogP contribution in [0, 0.1) is 13.8 Å². The highest BCUT2D eigenvalue weighted by atomic mass is 35.5. The minimum absolute atomic E-state index is 0. The van der Waals surface area contributed by atoms with Crippen molar-refractivity contribution in [3.8, 4) is 0 Å². The van der Waals surface area contributed by atoms with Crippen molar-refractivity contribution in [3.05, 3.63) is 46.6 Å². The van der Waals surface area contributed by atoms with Crippen molar-refractivity contribution >= 4 is 51.4 Å². The second-order valence-corrected chi connectivity index (χ2v) is 7.08. The maximum atomic E-state index is 11.9. The summed E-state index contributed by atoms with van der Waals surface area (Å²) in [5.74, 6) is 0.499. The monoisotopic (exact) mass is 391 g/mol. The fraction of sp³-hybridized carbons (Fsp3) is 0.316. The molecule has 3 rings (SSSR count). The van der Waals surface area contributed by atoms with Crippen molar-refractivity contribution in [3.63, 3.8) is 0 Å². The molecule has 0 atom stereocenters. The van der Waals surface area contributed by atoms with E-state index in [4.69, 9.17) is 4.74 Å². The van der Waals surface area contributed by atoms with Crippen LogP contribution in [0.15, 0.2) is 30.6 Å². The molecule has 0 radical (unpaired) electrons. The van der Waals surface area contributed by atoms with Crippen molar-refractivity contribution in [1.82, 2.24) is 9.97 Å². The lowest BCUT2D eigenvalue weighted by atomic mass is 10.2. The number of unbranched alkanes of at least 4 members (excludes halogenated alkanes) is 1. The number of nitrogens with zero attached hydrogens (tertiary/aromatic N) is 2. The molecule has 138 valence electrons. The molecule has 0 fully saturated rings. The Morgan fingerprint density at radius 1 is 1.19 bits per heavy atom. The molecule has 0 spiro atoms. The molecule has 26 heavy (non-hydrogen) atoms. The van der Waals surface area contributed by atoms with E-state index in [1.165, 1.54) is 10.4 Å². The molecule has 2 aromatic heterocycles. The van der Waals surface area contributed by atoms with Gasteiger partial charge in [0.05, 0.1) is 17.6 Å². The lowest BCUT2D eigenvalue weighted by Gasteiger charge is -2.08. The van der Waals surface area contributed by atoms with Crippen molar-refractivity contribution in [1.29, 1.82) is 0 Å². The first kappa shape index (κ1) is 20.1. The van der Waals surface area contributed by atoms with Gasteiger partial charge in [-0.25, -0.2) is 14.8 Å². The topological polar surface area (TPSA) is 64.1 Å². The van der Waals surface area contributed by atoms with Crippen LogP contribution in [-0.4, -0.2) is 22.5 Å². The lowest BCUT2D eigenvalue weighted by molar-refractivity contribution is 0.0500. The van der Waals surface area contributed by atoms with Gasteiger partial charge in [0.2, 0.25) is 0 Å². The molecule has 2 heterocycles. The molecule has 0 saturated heterocycles. The Hall–Kier alpha value is -2.18. The number of carbonyl (C=O) groups excluding carboxylic acids is 1. The molecular formula is C19H22ClN3O2S. The second-order valence-electron chi connectivity index (χ2n) is 5.88. The van der Waals surface area contributed by atoms with Crippen LogP contribution in [0.3, 0.4) is 0 Å². The average Bonchev–Trinajstić information content (AvgIpc) is 2.91. The fourth-order valence-corrected chi connectivity index (χ4v) is 3.49. The van der Waals surface area contributed by atoms with Gasteiger partial charge in [-0.15, -0.1) is 23.7 Å². The van der Waals surface area contributed by atoms with Gasteiger partial charge in [0.15, 0.2) is 0 Å². The summed E-state index contributed by atoms with van der Waals surface area (Å²) in [6, 6.07) is 7.25. The summed E-state index contributed by atoms with van der Waals surface area (Å²) in [6.45, 7) is 6.70. The predicted octanol–water partition coefficient (Wildman–Crippen LogP) is 5.43. The summed E-state index contributed by atoms with van der Waals surface area (Å²) >= 11 is 1.67. The number of thiophene rings is 1. The molecule has 0 saturated carbocycles. The molecule has 1 N–H and O–H groups in total. The Kier molecular flexibility index (Phi) is 6.94. The molecule has 7 heteroatoms. The van der Waals surface area contributed by atoms with Gasteiger partial charge in [-0.2, -0.15) is 0 Å². The average molecular weight is 392 g/mol. The highest BCUT2D eigenvalue weighted by Crippen LogP contribution is 2.33. The fourth-order valence-electron chi connectivity index (χ4n) is 2.50. The van der Waals surface area contributed by atoms with Gasteiger partial charge in [-0.05, 0) is 50.1 Å². The zero-order valence-corrected chi connectivity index (χ0v) is 16.7. The Balaban J connectivity index is 0.00000243. The molecule has 0 bridgehead atoms. The maximum Gasteiger partial charge on any atom is 0.338 e. The van der Waals surface area contributed by atoms with E-state index in [1.54, 1.807) is 29.8 Å². The third-order valence-electron chi connectivity index (χ3n) is 4.08. The largest absolute Gasteiger partial charge is 0.462 e. The normalized spacial score (nSPS) is 10.4. The van der Waals surface area contributed by atoms with Gasteiger partial charge >= 0.3 is 5.97 Å². The lowest BCUT2D eigenvalue weighted by Crippen LogP contribution is -2.06. The minimum atomic E-state index is -0.284. The number of nitrogens with one attached hydrogen (secondary N) is 1. The summed E-state index contributed by atoms with van der Waals surface area (Å²) < 4.78 is 5.22. The summed E-state index contributed by atoms with van der Waals surface area (Å²) in [5, 5.41) is 4.37. The molecular weight excluding hydrogens is 370 g/mol. The van der Waals surface area contributed by atoms with Gasteiger partial charge in [-0.3, -0.25) is 0 Å². The van der Waals surface area contributed by atoms with Crippen LogP contribution >= 0.6 is 23.7 Å². The number of hydrogen-bond acceptors (Lipinski definition) is 6. The number of hydrogen-bond donors (Lipinski definition) is 1. The zero-order chi connectivity index (χ0) is 17.8. The zero-order valence-electron chi connectivity index (χ0n) is 15.0. The number of carbonyl (C=O) groups is 1. The van der Waals surface area contributed by atoms with E-state index in [1.807, 2.05) is 12.1 Å². The Morgan fingerprint density at radius 2 is 1.92 bits per heavy atom. The van der Waals surface area contributed by atoms with Crippen molar-refractivity contribution in [2.24, 2.45) is 0 Å². The quantitative estimate of drug-likeness (QED) is 0.448. The first-order valence-electron chi connectivity index (χ1n) is 8.35. The molecule has 1 aromatic carbocycles. The summed E-state index contributed by atoms with van der Waals surface area (Å²) in [4.78, 5) is 22.9. The van der Waals surface area contributed by atoms with Crippen molar-refractivity contribution < 1.29 is 9.53 Å². The number of aryl methyl sites for hydroxylation is 2. The van der Waals surface area contributed by atoms with Crippen LogP contribution in [0.2, 0.25) is 0 Å². The van der Waals surface area contributed by atoms with Crippen molar-refractivity contribution in [2.75, 3.05) is 11.9 Å². The van der Waals surface area contributed by atoms with Gasteiger partial charge in [0, 0.05) is 10.6 Å². The van der Waals surface area contributed by atoms with E-state index < -0.39 is 0 Å². The third kappa shape index (κ3) is 4.31. The minimum Gasteiger partial charge on any atom is -0.462 e. The highest BCUT2D eigenvalue weighted by Gasteiger charge is 2.12. The van der Waals surface area contributed by atoms with E-state index in [-0.39, 0.29) is 18.4 Å². The van der Waals surface area contributed by atoms with Crippen LogP contribution in [0.5, 0.6) is 0 Å². The Morgan fingerprint density at radius 3 is 2.62 bits per heavy atom. The number of esters is 1. The van der Waals surface area contributed by atoms with E-state index in [2.05, 4.69) is 36.1 Å². The predicted molar refractivity (Wildman–Crippen MR) is 109 cm³/mol. The van der Waals surface area contributed by atoms with Crippen LogP contribution < -0.4 is 5.32 Å². The van der Waals surface area contributed by atoms with E-state index in [9.17, 15) is 4.79 Å². The molecule has 0 aliphatic carbocycles. The van der Waals surface area contributed by atoms with Crippen LogP contribution in [0.1, 0.15) is 40.6 Å².